The van der Waals surface area contributed by atoms with E-state index in [1.807, 2.05) is 30.3 Å². The van der Waals surface area contributed by atoms with Gasteiger partial charge < -0.3 is 10.5 Å². The van der Waals surface area contributed by atoms with E-state index in [1.54, 1.807) is 11.3 Å². The number of nitrogens with two attached hydrogens (primary N) is 1. The summed E-state index contributed by atoms with van der Waals surface area (Å²) in [5, 5.41) is 10.3. The summed E-state index contributed by atoms with van der Waals surface area (Å²) >= 11 is 1.56. The molecule has 1 saturated heterocycles. The number of rotatable bonds is 3. The Bertz CT molecular complexity index is 543. The molecule has 19 heavy (non-hydrogen) atoms. The van der Waals surface area contributed by atoms with Gasteiger partial charge in [-0.25, -0.2) is 0 Å². The smallest absolute Gasteiger partial charge is 0.146 e. The van der Waals surface area contributed by atoms with Crippen LogP contribution in [-0.4, -0.2) is 16.8 Å². The van der Waals surface area contributed by atoms with Gasteiger partial charge in [0.05, 0.1) is 6.04 Å². The zero-order valence-electron chi connectivity index (χ0n) is 10.8. The molecule has 3 unspecified atom stereocenters. The van der Waals surface area contributed by atoms with Crippen molar-refractivity contribution in [1.29, 1.82) is 0 Å². The summed E-state index contributed by atoms with van der Waals surface area (Å²) in [4.78, 5) is 0. The van der Waals surface area contributed by atoms with Gasteiger partial charge in [0, 0.05) is 6.61 Å². The second-order valence-corrected chi connectivity index (χ2v) is 5.96. The molecule has 2 aromatic rings. The van der Waals surface area contributed by atoms with Gasteiger partial charge in [0.15, 0.2) is 0 Å². The molecular weight excluding hydrogens is 258 g/mol. The molecule has 0 radical (unpaired) electrons. The normalized spacial score (nSPS) is 24.5. The summed E-state index contributed by atoms with van der Waals surface area (Å²) in [6, 6.07) is 9.78. The van der Waals surface area contributed by atoms with Crippen LogP contribution in [0.1, 0.15) is 41.1 Å². The number of hydrogen-bond acceptors (Lipinski definition) is 5. The number of nitrogens with zero attached hydrogens (tertiary/aromatic N) is 2. The standard InChI is InChI=1S/C14H17N3OS/c1-9-7-8-18-12(9)14-17-16-13(19-14)11(15)10-5-3-2-4-6-10/h2-6,9,11-12H,7-8,15H2,1H3. The van der Waals surface area contributed by atoms with Crippen molar-refractivity contribution < 1.29 is 4.74 Å². The summed E-state index contributed by atoms with van der Waals surface area (Å²) in [7, 11) is 0. The van der Waals surface area contributed by atoms with Crippen molar-refractivity contribution in [2.45, 2.75) is 25.5 Å². The fourth-order valence-corrected chi connectivity index (χ4v) is 3.36. The average Bonchev–Trinajstić information content (AvgIpc) is 3.07. The molecule has 1 aliphatic heterocycles. The van der Waals surface area contributed by atoms with Gasteiger partial charge in [0.2, 0.25) is 0 Å². The van der Waals surface area contributed by atoms with Gasteiger partial charge in [0.1, 0.15) is 16.1 Å². The van der Waals surface area contributed by atoms with Gasteiger partial charge in [0.25, 0.3) is 0 Å². The number of ether oxygens (including phenoxy) is 1. The third-order valence-corrected chi connectivity index (χ3v) is 4.58. The summed E-state index contributed by atoms with van der Waals surface area (Å²) in [6.07, 6.45) is 1.18. The van der Waals surface area contributed by atoms with Gasteiger partial charge >= 0.3 is 0 Å². The van der Waals surface area contributed by atoms with Crippen molar-refractivity contribution in [3.05, 3.63) is 45.9 Å². The Morgan fingerprint density at radius 1 is 1.32 bits per heavy atom. The fraction of sp³-hybridized carbons (Fsp3) is 0.429. The van der Waals surface area contributed by atoms with Crippen LogP contribution in [0.15, 0.2) is 30.3 Å². The highest BCUT2D eigenvalue weighted by molar-refractivity contribution is 7.11. The fourth-order valence-electron chi connectivity index (χ4n) is 2.30. The van der Waals surface area contributed by atoms with Gasteiger partial charge in [-0.3, -0.25) is 0 Å². The predicted octanol–water partition coefficient (Wildman–Crippen LogP) is 2.68. The minimum atomic E-state index is -0.204. The number of hydrogen-bond donors (Lipinski definition) is 1. The van der Waals surface area contributed by atoms with Crippen LogP contribution < -0.4 is 5.73 Å². The van der Waals surface area contributed by atoms with E-state index < -0.39 is 0 Å². The lowest BCUT2D eigenvalue weighted by Crippen LogP contribution is -2.11. The lowest BCUT2D eigenvalue weighted by Gasteiger charge is -2.10. The molecule has 2 N–H and O–H groups in total. The van der Waals surface area contributed by atoms with E-state index >= 15 is 0 Å². The monoisotopic (exact) mass is 275 g/mol. The van der Waals surface area contributed by atoms with Crippen LogP contribution in [0.5, 0.6) is 0 Å². The summed E-state index contributed by atoms with van der Waals surface area (Å²) in [6.45, 7) is 3.00. The van der Waals surface area contributed by atoms with Crippen LogP contribution in [-0.2, 0) is 4.74 Å². The minimum Gasteiger partial charge on any atom is -0.371 e. The predicted molar refractivity (Wildman–Crippen MR) is 74.9 cm³/mol. The molecule has 1 fully saturated rings. The molecule has 0 saturated carbocycles. The maximum Gasteiger partial charge on any atom is 0.146 e. The summed E-state index contributed by atoms with van der Waals surface area (Å²) in [5.41, 5.74) is 7.29. The van der Waals surface area contributed by atoms with Crippen LogP contribution in [0.4, 0.5) is 0 Å². The Balaban J connectivity index is 1.81. The maximum atomic E-state index is 6.23. The Morgan fingerprint density at radius 3 is 2.79 bits per heavy atom. The van der Waals surface area contributed by atoms with Crippen molar-refractivity contribution in [2.24, 2.45) is 11.7 Å². The van der Waals surface area contributed by atoms with Crippen LogP contribution in [0.25, 0.3) is 0 Å². The first-order valence-electron chi connectivity index (χ1n) is 6.51. The Kier molecular flexibility index (Phi) is 3.59. The molecule has 1 aliphatic rings. The third-order valence-electron chi connectivity index (χ3n) is 3.51. The third kappa shape index (κ3) is 2.54. The van der Waals surface area contributed by atoms with Crippen LogP contribution in [0.3, 0.4) is 0 Å². The van der Waals surface area contributed by atoms with E-state index in [0.717, 1.165) is 28.6 Å². The van der Waals surface area contributed by atoms with E-state index in [9.17, 15) is 0 Å². The zero-order chi connectivity index (χ0) is 13.2. The average molecular weight is 275 g/mol. The SMILES string of the molecule is CC1CCOC1c1nnc(C(N)c2ccccc2)s1. The first-order chi connectivity index (χ1) is 9.25. The molecule has 5 heteroatoms. The van der Waals surface area contributed by atoms with Crippen molar-refractivity contribution in [2.75, 3.05) is 6.61 Å². The van der Waals surface area contributed by atoms with Crippen molar-refractivity contribution in [3.63, 3.8) is 0 Å². The van der Waals surface area contributed by atoms with Gasteiger partial charge in [-0.05, 0) is 17.9 Å². The topological polar surface area (TPSA) is 61.0 Å². The molecule has 4 nitrogen and oxygen atoms in total. The molecule has 0 aliphatic carbocycles. The second kappa shape index (κ2) is 5.36. The molecular formula is C14H17N3OS. The van der Waals surface area contributed by atoms with E-state index in [0.29, 0.717) is 5.92 Å². The molecule has 3 rings (SSSR count). The highest BCUT2D eigenvalue weighted by Crippen LogP contribution is 2.36. The molecule has 0 bridgehead atoms. The molecule has 2 heterocycles. The van der Waals surface area contributed by atoms with E-state index in [1.165, 1.54) is 0 Å². The van der Waals surface area contributed by atoms with Gasteiger partial charge in [-0.2, -0.15) is 0 Å². The Hall–Kier alpha value is -1.30. The molecule has 1 aromatic carbocycles. The van der Waals surface area contributed by atoms with Crippen molar-refractivity contribution >= 4 is 11.3 Å². The molecule has 0 spiro atoms. The highest BCUT2D eigenvalue weighted by atomic mass is 32.1. The van der Waals surface area contributed by atoms with Gasteiger partial charge in [-0.15, -0.1) is 10.2 Å². The number of aromatic nitrogens is 2. The highest BCUT2D eigenvalue weighted by Gasteiger charge is 2.29. The molecule has 100 valence electrons. The van der Waals surface area contributed by atoms with E-state index in [2.05, 4.69) is 17.1 Å². The molecule has 3 atom stereocenters. The summed E-state index contributed by atoms with van der Waals surface area (Å²) in [5.74, 6) is 0.508. The molecule has 0 amide bonds. The van der Waals surface area contributed by atoms with Gasteiger partial charge in [-0.1, -0.05) is 48.6 Å². The quantitative estimate of drug-likeness (QED) is 0.935. The van der Waals surface area contributed by atoms with Crippen LogP contribution in [0.2, 0.25) is 0 Å². The maximum absolute atomic E-state index is 6.23. The lowest BCUT2D eigenvalue weighted by atomic mass is 10.1. The molecule has 1 aromatic heterocycles. The largest absolute Gasteiger partial charge is 0.371 e. The Morgan fingerprint density at radius 2 is 2.11 bits per heavy atom. The number of benzene rings is 1. The first kappa shape index (κ1) is 12.7. The zero-order valence-corrected chi connectivity index (χ0v) is 11.6. The van der Waals surface area contributed by atoms with Crippen molar-refractivity contribution in [1.82, 2.24) is 10.2 Å². The lowest BCUT2D eigenvalue weighted by molar-refractivity contribution is 0.0937. The van der Waals surface area contributed by atoms with Crippen molar-refractivity contribution in [3.8, 4) is 0 Å². The Labute approximate surface area is 116 Å². The van der Waals surface area contributed by atoms with E-state index in [4.69, 9.17) is 10.5 Å². The first-order valence-corrected chi connectivity index (χ1v) is 7.33. The second-order valence-electron chi connectivity index (χ2n) is 4.92. The van der Waals surface area contributed by atoms with E-state index in [-0.39, 0.29) is 12.1 Å². The van der Waals surface area contributed by atoms with Crippen LogP contribution in [0, 0.1) is 5.92 Å². The summed E-state index contributed by atoms with van der Waals surface area (Å²) < 4.78 is 5.72. The minimum absolute atomic E-state index is 0.0919. The van der Waals surface area contributed by atoms with Crippen LogP contribution >= 0.6 is 11.3 Å².